The van der Waals surface area contributed by atoms with Gasteiger partial charge in [0.05, 0.1) is 46.3 Å². The normalized spacial score (nSPS) is 16.7. The van der Waals surface area contributed by atoms with Gasteiger partial charge in [-0.05, 0) is 48.4 Å². The summed E-state index contributed by atoms with van der Waals surface area (Å²) in [6.45, 7) is 1.44. The molecule has 33 heavy (non-hydrogen) atoms. The van der Waals surface area contributed by atoms with Crippen molar-refractivity contribution >= 4 is 22.4 Å². The van der Waals surface area contributed by atoms with Crippen LogP contribution in [-0.4, -0.2) is 26.4 Å². The number of halogens is 3. The SMILES string of the molecule is CC1=C(C#N)[C@H](c2ccc(C#N)cc2C[SH](=O)=O)N(C)C(=O)N1c1cccc(C(F)(F)F)c1. The zero-order valence-electron chi connectivity index (χ0n) is 17.4. The van der Waals surface area contributed by atoms with E-state index in [1.54, 1.807) is 0 Å². The molecule has 0 aliphatic carbocycles. The zero-order valence-corrected chi connectivity index (χ0v) is 18.3. The lowest BCUT2D eigenvalue weighted by Crippen LogP contribution is -2.47. The average molecular weight is 474 g/mol. The number of alkyl halides is 3. The van der Waals surface area contributed by atoms with Crippen LogP contribution in [0.3, 0.4) is 0 Å². The number of benzene rings is 2. The number of allylic oxidation sites excluding steroid dienone is 1. The van der Waals surface area contributed by atoms with Crippen molar-refractivity contribution in [3.05, 3.63) is 76.0 Å². The number of anilines is 1. The van der Waals surface area contributed by atoms with E-state index < -0.39 is 40.3 Å². The molecular formula is C22H17F3N4O3S. The molecule has 3 rings (SSSR count). The molecule has 1 atom stereocenters. The van der Waals surface area contributed by atoms with Crippen LogP contribution in [0.25, 0.3) is 0 Å². The molecule has 0 saturated heterocycles. The van der Waals surface area contributed by atoms with Crippen LogP contribution in [0.15, 0.2) is 53.7 Å². The highest BCUT2D eigenvalue weighted by molar-refractivity contribution is 7.71. The van der Waals surface area contributed by atoms with Gasteiger partial charge in [0.25, 0.3) is 0 Å². The first-order valence-corrected chi connectivity index (χ1v) is 10.9. The van der Waals surface area contributed by atoms with E-state index in [2.05, 4.69) is 0 Å². The number of nitriles is 2. The fourth-order valence-corrected chi connectivity index (χ4v) is 4.33. The van der Waals surface area contributed by atoms with E-state index in [-0.39, 0.29) is 28.1 Å². The second-order valence-electron chi connectivity index (χ2n) is 7.31. The molecule has 170 valence electrons. The Hall–Kier alpha value is -3.83. The molecule has 0 saturated carbocycles. The number of hydrogen-bond acceptors (Lipinski definition) is 5. The first-order chi connectivity index (χ1) is 15.5. The van der Waals surface area contributed by atoms with Crippen LogP contribution in [0.4, 0.5) is 23.7 Å². The highest BCUT2D eigenvalue weighted by atomic mass is 32.2. The van der Waals surface area contributed by atoms with Crippen LogP contribution in [0.1, 0.15) is 35.2 Å². The third kappa shape index (κ3) is 4.54. The maximum atomic E-state index is 13.3. The lowest BCUT2D eigenvalue weighted by atomic mass is 9.90. The smallest absolute Gasteiger partial charge is 0.315 e. The minimum atomic E-state index is -4.62. The maximum Gasteiger partial charge on any atom is 0.416 e. The molecule has 7 nitrogen and oxygen atoms in total. The first-order valence-electron chi connectivity index (χ1n) is 9.49. The number of hydrogen-bond donors (Lipinski definition) is 1. The topological polar surface area (TPSA) is 105 Å². The molecule has 0 aromatic heterocycles. The van der Waals surface area contributed by atoms with Gasteiger partial charge in [-0.2, -0.15) is 23.7 Å². The first kappa shape index (κ1) is 23.8. The minimum absolute atomic E-state index is 0.0570. The number of urea groups is 1. The summed E-state index contributed by atoms with van der Waals surface area (Å²) in [5.74, 6) is -0.409. The molecule has 0 unspecified atom stereocenters. The summed E-state index contributed by atoms with van der Waals surface area (Å²) < 4.78 is 62.4. The molecule has 0 radical (unpaired) electrons. The van der Waals surface area contributed by atoms with Gasteiger partial charge in [-0.25, -0.2) is 13.2 Å². The molecule has 2 aromatic rings. The second-order valence-corrected chi connectivity index (χ2v) is 8.29. The number of likely N-dealkylation sites (N-methyl/N-ethyl adjacent to an activating group) is 1. The zero-order chi connectivity index (χ0) is 24.5. The van der Waals surface area contributed by atoms with Gasteiger partial charge in [0, 0.05) is 12.7 Å². The van der Waals surface area contributed by atoms with E-state index in [0.717, 1.165) is 21.9 Å². The van der Waals surface area contributed by atoms with E-state index in [0.29, 0.717) is 5.56 Å². The van der Waals surface area contributed by atoms with Crippen molar-refractivity contribution in [1.29, 1.82) is 10.5 Å². The van der Waals surface area contributed by atoms with Crippen LogP contribution in [0.2, 0.25) is 0 Å². The van der Waals surface area contributed by atoms with Crippen molar-refractivity contribution in [1.82, 2.24) is 4.90 Å². The largest absolute Gasteiger partial charge is 0.416 e. The number of rotatable bonds is 4. The summed E-state index contributed by atoms with van der Waals surface area (Å²) >= 11 is 0. The van der Waals surface area contributed by atoms with Gasteiger partial charge in [-0.1, -0.05) is 12.1 Å². The number of carbonyl (C=O) groups excluding carboxylic acids is 1. The van der Waals surface area contributed by atoms with Crippen molar-refractivity contribution in [2.45, 2.75) is 24.9 Å². The van der Waals surface area contributed by atoms with Gasteiger partial charge < -0.3 is 4.90 Å². The van der Waals surface area contributed by atoms with E-state index >= 15 is 0 Å². The quantitative estimate of drug-likeness (QED) is 0.672. The van der Waals surface area contributed by atoms with Crippen LogP contribution < -0.4 is 4.90 Å². The Bertz CT molecular complexity index is 1310. The number of carbonyl (C=O) groups is 1. The molecule has 0 spiro atoms. The Morgan fingerprint density at radius 1 is 1.09 bits per heavy atom. The van der Waals surface area contributed by atoms with Crippen molar-refractivity contribution in [3.8, 4) is 12.1 Å². The molecule has 1 heterocycles. The van der Waals surface area contributed by atoms with Gasteiger partial charge in [0.1, 0.15) is 10.7 Å². The molecule has 1 aliphatic heterocycles. The summed E-state index contributed by atoms with van der Waals surface area (Å²) in [7, 11) is -1.50. The monoisotopic (exact) mass is 474 g/mol. The third-order valence-electron chi connectivity index (χ3n) is 5.30. The van der Waals surface area contributed by atoms with Gasteiger partial charge in [-0.3, -0.25) is 4.90 Å². The van der Waals surface area contributed by atoms with Crippen molar-refractivity contribution < 1.29 is 26.4 Å². The molecule has 1 aliphatic rings. The van der Waals surface area contributed by atoms with E-state index in [9.17, 15) is 31.6 Å². The standard InChI is InChI=1S/C22H17F3N4O3S/c1-13-19(11-27)20(18-7-6-14(10-26)8-15(18)12-33(31)32)28(2)21(30)29(13)17-5-3-4-16(9-17)22(23,24)25/h3-9,20,33H,12H2,1-2H3/t20-/m0/s1. The average Bonchev–Trinajstić information content (AvgIpc) is 2.75. The summed E-state index contributed by atoms with van der Waals surface area (Å²) in [4.78, 5) is 15.4. The summed E-state index contributed by atoms with van der Waals surface area (Å²) in [6.07, 6.45) is -4.62. The van der Waals surface area contributed by atoms with Crippen molar-refractivity contribution in [3.63, 3.8) is 0 Å². The van der Waals surface area contributed by atoms with Crippen molar-refractivity contribution in [2.75, 3.05) is 11.9 Å². The Morgan fingerprint density at radius 2 is 1.79 bits per heavy atom. The Morgan fingerprint density at radius 3 is 2.36 bits per heavy atom. The van der Waals surface area contributed by atoms with E-state index in [4.69, 9.17) is 5.26 Å². The van der Waals surface area contributed by atoms with Crippen LogP contribution in [-0.2, 0) is 22.6 Å². The Labute approximate surface area is 189 Å². The number of thiol groups is 1. The lowest BCUT2D eigenvalue weighted by Gasteiger charge is -2.40. The van der Waals surface area contributed by atoms with E-state index in [1.165, 1.54) is 44.3 Å². The van der Waals surface area contributed by atoms with Crippen molar-refractivity contribution in [2.24, 2.45) is 0 Å². The van der Waals surface area contributed by atoms with Gasteiger partial charge in [0.15, 0.2) is 0 Å². The minimum Gasteiger partial charge on any atom is -0.315 e. The van der Waals surface area contributed by atoms with Crippen LogP contribution >= 0.6 is 0 Å². The Balaban J connectivity index is 2.20. The molecule has 0 fully saturated rings. The molecule has 2 amide bonds. The fourth-order valence-electron chi connectivity index (χ4n) is 3.77. The fraction of sp³-hybridized carbons (Fsp3) is 0.227. The maximum absolute atomic E-state index is 13.3. The highest BCUT2D eigenvalue weighted by Crippen LogP contribution is 2.40. The second kappa shape index (κ2) is 8.96. The molecular weight excluding hydrogens is 457 g/mol. The third-order valence-corrected chi connectivity index (χ3v) is 5.90. The Kier molecular flexibility index (Phi) is 6.47. The molecule has 11 heteroatoms. The predicted molar refractivity (Wildman–Crippen MR) is 113 cm³/mol. The summed E-state index contributed by atoms with van der Waals surface area (Å²) in [5, 5.41) is 19.1. The summed E-state index contributed by atoms with van der Waals surface area (Å²) in [6, 6.07) is 10.7. The van der Waals surface area contributed by atoms with E-state index in [1.807, 2.05) is 12.1 Å². The molecule has 2 aromatic carbocycles. The van der Waals surface area contributed by atoms with Gasteiger partial charge >= 0.3 is 12.2 Å². The predicted octanol–water partition coefficient (Wildman–Crippen LogP) is 4.10. The van der Waals surface area contributed by atoms with Gasteiger partial charge in [-0.15, -0.1) is 0 Å². The number of amides is 2. The van der Waals surface area contributed by atoms with Crippen LogP contribution in [0, 0.1) is 22.7 Å². The van der Waals surface area contributed by atoms with Crippen LogP contribution in [0.5, 0.6) is 0 Å². The lowest BCUT2D eigenvalue weighted by molar-refractivity contribution is -0.137. The highest BCUT2D eigenvalue weighted by Gasteiger charge is 2.39. The van der Waals surface area contributed by atoms with Gasteiger partial charge in [0.2, 0.25) is 0 Å². The molecule has 0 bridgehead atoms. The number of nitrogens with zero attached hydrogens (tertiary/aromatic N) is 4. The molecule has 0 N–H and O–H groups in total. The summed E-state index contributed by atoms with van der Waals surface area (Å²) in [5.41, 5.74) is -0.0365.